The van der Waals surface area contributed by atoms with Crippen LogP contribution >= 0.6 is 24.8 Å². The van der Waals surface area contributed by atoms with E-state index >= 15 is 0 Å². The number of hydrogen-bond acceptors (Lipinski definition) is 3. The van der Waals surface area contributed by atoms with Gasteiger partial charge >= 0.3 is 5.97 Å². The van der Waals surface area contributed by atoms with Gasteiger partial charge in [0.1, 0.15) is 0 Å². The molecule has 0 amide bonds. The van der Waals surface area contributed by atoms with Gasteiger partial charge < -0.3 is 4.74 Å². The van der Waals surface area contributed by atoms with Crippen molar-refractivity contribution in [3.05, 3.63) is 30.1 Å². The van der Waals surface area contributed by atoms with Crippen LogP contribution in [0.2, 0.25) is 0 Å². The van der Waals surface area contributed by atoms with Crippen LogP contribution in [0.1, 0.15) is 10.4 Å². The van der Waals surface area contributed by atoms with E-state index in [1.165, 1.54) is 7.11 Å². The normalized spacial score (nSPS) is 7.42. The number of nitrogens with zero attached hydrogens (tertiary/aromatic N) is 1. The number of rotatable bonds is 1. The SMILES string of the molecule is COC(=O)c1ccncc1.Cl.Cl. The van der Waals surface area contributed by atoms with Crippen LogP contribution in [0.3, 0.4) is 0 Å². The number of hydrogen-bond donors (Lipinski definition) is 0. The second-order valence-corrected chi connectivity index (χ2v) is 1.73. The molecule has 12 heavy (non-hydrogen) atoms. The lowest BCUT2D eigenvalue weighted by Gasteiger charge is -1.95. The van der Waals surface area contributed by atoms with Crippen molar-refractivity contribution < 1.29 is 9.53 Å². The summed E-state index contributed by atoms with van der Waals surface area (Å²) in [5.74, 6) is -0.331. The highest BCUT2D eigenvalue weighted by atomic mass is 35.5. The van der Waals surface area contributed by atoms with Crippen LogP contribution < -0.4 is 0 Å². The average Bonchev–Trinajstić information content (AvgIpc) is 2.05. The Labute approximate surface area is 83.0 Å². The molecule has 0 unspecified atom stereocenters. The lowest BCUT2D eigenvalue weighted by Crippen LogP contribution is -2.00. The van der Waals surface area contributed by atoms with E-state index in [1.54, 1.807) is 24.5 Å². The van der Waals surface area contributed by atoms with Crippen molar-refractivity contribution in [3.63, 3.8) is 0 Å². The smallest absolute Gasteiger partial charge is 0.337 e. The van der Waals surface area contributed by atoms with E-state index in [-0.39, 0.29) is 30.8 Å². The van der Waals surface area contributed by atoms with E-state index in [4.69, 9.17) is 0 Å². The van der Waals surface area contributed by atoms with Crippen molar-refractivity contribution >= 4 is 30.8 Å². The van der Waals surface area contributed by atoms with Crippen LogP contribution in [-0.2, 0) is 4.74 Å². The summed E-state index contributed by atoms with van der Waals surface area (Å²) in [6, 6.07) is 3.21. The Morgan fingerprint density at radius 1 is 1.33 bits per heavy atom. The number of halogens is 2. The molecule has 3 nitrogen and oxygen atoms in total. The van der Waals surface area contributed by atoms with Crippen LogP contribution in [0, 0.1) is 0 Å². The van der Waals surface area contributed by atoms with Gasteiger partial charge in [-0.05, 0) is 12.1 Å². The lowest BCUT2D eigenvalue weighted by atomic mass is 10.3. The third kappa shape index (κ3) is 3.55. The van der Waals surface area contributed by atoms with Crippen molar-refractivity contribution in [3.8, 4) is 0 Å². The van der Waals surface area contributed by atoms with E-state index in [1.807, 2.05) is 0 Å². The largest absolute Gasteiger partial charge is 0.465 e. The molecule has 0 aliphatic carbocycles. The molecule has 68 valence electrons. The predicted molar refractivity (Wildman–Crippen MR) is 50.1 cm³/mol. The molecule has 0 aliphatic heterocycles. The first kappa shape index (κ1) is 13.8. The molecule has 1 aromatic heterocycles. The molecule has 1 aromatic rings. The Bertz CT molecular complexity index is 228. The fourth-order valence-corrected chi connectivity index (χ4v) is 0.606. The molecule has 0 aromatic carbocycles. The Kier molecular flexibility index (Phi) is 7.90. The van der Waals surface area contributed by atoms with E-state index in [0.29, 0.717) is 5.56 Å². The predicted octanol–water partition coefficient (Wildman–Crippen LogP) is 1.71. The molecule has 0 radical (unpaired) electrons. The van der Waals surface area contributed by atoms with Gasteiger partial charge in [-0.25, -0.2) is 4.79 Å². The topological polar surface area (TPSA) is 39.2 Å². The summed E-state index contributed by atoms with van der Waals surface area (Å²) in [6.07, 6.45) is 3.10. The molecule has 0 spiro atoms. The molecule has 0 fully saturated rings. The maximum absolute atomic E-state index is 10.8. The van der Waals surface area contributed by atoms with Crippen molar-refractivity contribution in [2.24, 2.45) is 0 Å². The van der Waals surface area contributed by atoms with Gasteiger partial charge in [-0.2, -0.15) is 0 Å². The molecule has 0 atom stereocenters. The van der Waals surface area contributed by atoms with Gasteiger partial charge in [0.05, 0.1) is 12.7 Å². The Hall–Kier alpha value is -0.800. The monoisotopic (exact) mass is 209 g/mol. The maximum atomic E-state index is 10.8. The molecular formula is C7H9Cl2NO2. The number of methoxy groups -OCH3 is 1. The zero-order valence-electron chi connectivity index (χ0n) is 6.39. The number of ether oxygens (including phenoxy) is 1. The number of esters is 1. The summed E-state index contributed by atoms with van der Waals surface area (Å²) in [5, 5.41) is 0. The highest BCUT2D eigenvalue weighted by molar-refractivity contribution is 5.88. The van der Waals surface area contributed by atoms with Gasteiger partial charge in [-0.3, -0.25) is 4.98 Å². The highest BCUT2D eigenvalue weighted by Gasteiger charge is 2.01. The molecule has 0 aliphatic rings. The summed E-state index contributed by atoms with van der Waals surface area (Å²) < 4.78 is 4.47. The zero-order valence-corrected chi connectivity index (χ0v) is 8.02. The first-order valence-electron chi connectivity index (χ1n) is 2.83. The maximum Gasteiger partial charge on any atom is 0.337 e. The van der Waals surface area contributed by atoms with Crippen LogP contribution in [-0.4, -0.2) is 18.1 Å². The summed E-state index contributed by atoms with van der Waals surface area (Å²) in [7, 11) is 1.35. The molecule has 0 saturated carbocycles. The van der Waals surface area contributed by atoms with E-state index in [9.17, 15) is 4.79 Å². The summed E-state index contributed by atoms with van der Waals surface area (Å²) in [6.45, 7) is 0. The fraction of sp³-hybridized carbons (Fsp3) is 0.143. The molecule has 1 rings (SSSR count). The van der Waals surface area contributed by atoms with Crippen LogP contribution in [0.15, 0.2) is 24.5 Å². The number of carbonyl (C=O) groups is 1. The first-order valence-corrected chi connectivity index (χ1v) is 2.83. The van der Waals surface area contributed by atoms with Crippen molar-refractivity contribution in [2.75, 3.05) is 7.11 Å². The third-order valence-electron chi connectivity index (χ3n) is 1.10. The van der Waals surface area contributed by atoms with Crippen LogP contribution in [0.4, 0.5) is 0 Å². The number of aromatic nitrogens is 1. The van der Waals surface area contributed by atoms with Gasteiger partial charge in [0.2, 0.25) is 0 Å². The second-order valence-electron chi connectivity index (χ2n) is 1.73. The zero-order chi connectivity index (χ0) is 7.40. The van der Waals surface area contributed by atoms with Crippen LogP contribution in [0.5, 0.6) is 0 Å². The number of carbonyl (C=O) groups excluding carboxylic acids is 1. The minimum atomic E-state index is -0.331. The Balaban J connectivity index is 0. The van der Waals surface area contributed by atoms with E-state index < -0.39 is 0 Å². The Morgan fingerprint density at radius 3 is 2.25 bits per heavy atom. The average molecular weight is 210 g/mol. The Morgan fingerprint density at radius 2 is 1.83 bits per heavy atom. The van der Waals surface area contributed by atoms with Gasteiger partial charge in [0.15, 0.2) is 0 Å². The minimum Gasteiger partial charge on any atom is -0.465 e. The third-order valence-corrected chi connectivity index (χ3v) is 1.10. The molecule has 0 saturated heterocycles. The quantitative estimate of drug-likeness (QED) is 0.662. The lowest BCUT2D eigenvalue weighted by molar-refractivity contribution is 0.0600. The summed E-state index contributed by atoms with van der Waals surface area (Å²) in [4.78, 5) is 14.5. The standard InChI is InChI=1S/C7H7NO2.2ClH/c1-10-7(9)6-2-4-8-5-3-6;;/h2-5H,1H3;2*1H. The number of pyridine rings is 1. The summed E-state index contributed by atoms with van der Waals surface area (Å²) >= 11 is 0. The van der Waals surface area contributed by atoms with Gasteiger partial charge in [-0.1, -0.05) is 0 Å². The van der Waals surface area contributed by atoms with Gasteiger partial charge in [0.25, 0.3) is 0 Å². The van der Waals surface area contributed by atoms with E-state index in [0.717, 1.165) is 0 Å². The molecule has 1 heterocycles. The van der Waals surface area contributed by atoms with E-state index in [2.05, 4.69) is 9.72 Å². The van der Waals surface area contributed by atoms with Crippen LogP contribution in [0.25, 0.3) is 0 Å². The molecule has 0 bridgehead atoms. The first-order chi connectivity index (χ1) is 4.84. The fourth-order valence-electron chi connectivity index (χ4n) is 0.606. The summed E-state index contributed by atoms with van der Waals surface area (Å²) in [5.41, 5.74) is 0.525. The van der Waals surface area contributed by atoms with Gasteiger partial charge in [0, 0.05) is 12.4 Å². The van der Waals surface area contributed by atoms with Crippen molar-refractivity contribution in [1.29, 1.82) is 0 Å². The minimum absolute atomic E-state index is 0. The van der Waals surface area contributed by atoms with Crippen molar-refractivity contribution in [1.82, 2.24) is 4.98 Å². The van der Waals surface area contributed by atoms with Gasteiger partial charge in [-0.15, -0.1) is 24.8 Å². The second kappa shape index (κ2) is 6.88. The molecular weight excluding hydrogens is 201 g/mol. The molecule has 0 N–H and O–H groups in total. The highest BCUT2D eigenvalue weighted by Crippen LogP contribution is 1.96. The molecule has 5 heteroatoms. The van der Waals surface area contributed by atoms with Crippen molar-refractivity contribution in [2.45, 2.75) is 0 Å².